The van der Waals surface area contributed by atoms with E-state index in [1.54, 1.807) is 0 Å². The van der Waals surface area contributed by atoms with Crippen molar-refractivity contribution < 1.29 is 0 Å². The third kappa shape index (κ3) is 2.50. The summed E-state index contributed by atoms with van der Waals surface area (Å²) in [5.74, 6) is 0. The molecule has 0 aliphatic rings. The first-order chi connectivity index (χ1) is 7.92. The lowest BCUT2D eigenvalue weighted by Crippen LogP contribution is -2.05. The van der Waals surface area contributed by atoms with Crippen LogP contribution in [0.3, 0.4) is 0 Å². The number of rotatable bonds is 4. The molecule has 1 nitrogen and oxygen atoms in total. The fourth-order valence-corrected chi connectivity index (χ4v) is 1.83. The van der Waals surface area contributed by atoms with Gasteiger partial charge in [0, 0.05) is 0 Å². The molecule has 2 rings (SSSR count). The summed E-state index contributed by atoms with van der Waals surface area (Å²) in [6, 6.07) is 14.9. The second kappa shape index (κ2) is 5.47. The van der Waals surface area contributed by atoms with Crippen LogP contribution in [-0.2, 0) is 0 Å². The van der Waals surface area contributed by atoms with Crippen LogP contribution in [0.5, 0.6) is 0 Å². The van der Waals surface area contributed by atoms with E-state index >= 15 is 0 Å². The van der Waals surface area contributed by atoms with Gasteiger partial charge in [0.25, 0.3) is 0 Å². The van der Waals surface area contributed by atoms with Gasteiger partial charge in [-0.05, 0) is 36.3 Å². The Hall–Kier alpha value is -1.60. The minimum Gasteiger partial charge on any atom is -0.319 e. The molecule has 0 bridgehead atoms. The van der Waals surface area contributed by atoms with E-state index in [1.165, 1.54) is 16.3 Å². The third-order valence-electron chi connectivity index (χ3n) is 2.68. The van der Waals surface area contributed by atoms with Crippen molar-refractivity contribution in [3.05, 3.63) is 54.1 Å². The standard InChI is InChI=1S/C15H17N/c1-16-12-5-4-8-14-10-6-9-13-7-2-3-11-15(13)14/h2-4,6-11,16H,5,12H2,1H3. The van der Waals surface area contributed by atoms with Crippen LogP contribution in [0.15, 0.2) is 48.5 Å². The monoisotopic (exact) mass is 211 g/mol. The molecule has 0 aliphatic carbocycles. The fourth-order valence-electron chi connectivity index (χ4n) is 1.83. The van der Waals surface area contributed by atoms with Crippen molar-refractivity contribution in [3.8, 4) is 0 Å². The summed E-state index contributed by atoms with van der Waals surface area (Å²) in [7, 11) is 1.98. The van der Waals surface area contributed by atoms with Gasteiger partial charge in [-0.25, -0.2) is 0 Å². The van der Waals surface area contributed by atoms with Gasteiger partial charge in [0.15, 0.2) is 0 Å². The Morgan fingerprint density at radius 3 is 2.75 bits per heavy atom. The molecule has 0 spiro atoms. The summed E-state index contributed by atoms with van der Waals surface area (Å²) < 4.78 is 0. The highest BCUT2D eigenvalue weighted by Gasteiger charge is 1.95. The van der Waals surface area contributed by atoms with Gasteiger partial charge >= 0.3 is 0 Å². The van der Waals surface area contributed by atoms with Gasteiger partial charge in [0.1, 0.15) is 0 Å². The van der Waals surface area contributed by atoms with E-state index in [1.807, 2.05) is 7.05 Å². The largest absolute Gasteiger partial charge is 0.319 e. The number of benzene rings is 2. The van der Waals surface area contributed by atoms with Crippen LogP contribution in [0, 0.1) is 0 Å². The Labute approximate surface area is 96.8 Å². The lowest BCUT2D eigenvalue weighted by molar-refractivity contribution is 0.809. The van der Waals surface area contributed by atoms with Crippen LogP contribution in [0.2, 0.25) is 0 Å². The van der Waals surface area contributed by atoms with Gasteiger partial charge in [-0.1, -0.05) is 54.6 Å². The highest BCUT2D eigenvalue weighted by atomic mass is 14.8. The van der Waals surface area contributed by atoms with Crippen LogP contribution in [-0.4, -0.2) is 13.6 Å². The topological polar surface area (TPSA) is 12.0 Å². The molecular formula is C15H17N. The Balaban J connectivity index is 2.27. The third-order valence-corrected chi connectivity index (χ3v) is 2.68. The van der Waals surface area contributed by atoms with Gasteiger partial charge in [-0.15, -0.1) is 0 Å². The molecule has 0 saturated carbocycles. The van der Waals surface area contributed by atoms with Crippen molar-refractivity contribution in [3.63, 3.8) is 0 Å². The average molecular weight is 211 g/mol. The minimum atomic E-state index is 1.03. The first kappa shape index (κ1) is 10.9. The summed E-state index contributed by atoms with van der Waals surface area (Å²) in [5, 5.41) is 5.77. The van der Waals surface area contributed by atoms with Crippen LogP contribution in [0.25, 0.3) is 16.8 Å². The summed E-state index contributed by atoms with van der Waals surface area (Å²) in [6.07, 6.45) is 5.50. The van der Waals surface area contributed by atoms with Crippen LogP contribution in [0.1, 0.15) is 12.0 Å². The van der Waals surface area contributed by atoms with Crippen molar-refractivity contribution in [2.24, 2.45) is 0 Å². The zero-order valence-corrected chi connectivity index (χ0v) is 9.61. The smallest absolute Gasteiger partial charge is 0.00172 e. The molecule has 16 heavy (non-hydrogen) atoms. The minimum absolute atomic E-state index is 1.03. The molecule has 0 heterocycles. The Kier molecular flexibility index (Phi) is 3.73. The van der Waals surface area contributed by atoms with Crippen molar-refractivity contribution in [1.29, 1.82) is 0 Å². The maximum atomic E-state index is 3.14. The molecule has 0 atom stereocenters. The predicted molar refractivity (Wildman–Crippen MR) is 71.5 cm³/mol. The summed E-state index contributed by atoms with van der Waals surface area (Å²) >= 11 is 0. The van der Waals surface area contributed by atoms with Crippen molar-refractivity contribution in [2.75, 3.05) is 13.6 Å². The van der Waals surface area contributed by atoms with Gasteiger partial charge in [0.2, 0.25) is 0 Å². The van der Waals surface area contributed by atoms with Crippen molar-refractivity contribution >= 4 is 16.8 Å². The normalized spacial score (nSPS) is 11.3. The predicted octanol–water partition coefficient (Wildman–Crippen LogP) is 3.46. The number of nitrogens with one attached hydrogen (secondary N) is 1. The molecule has 1 heteroatoms. The fraction of sp³-hybridized carbons (Fsp3) is 0.200. The lowest BCUT2D eigenvalue weighted by Gasteiger charge is -2.01. The van der Waals surface area contributed by atoms with Gasteiger partial charge in [-0.3, -0.25) is 0 Å². The van der Waals surface area contributed by atoms with E-state index in [4.69, 9.17) is 0 Å². The second-order valence-corrected chi connectivity index (χ2v) is 3.86. The Bertz CT molecular complexity index is 480. The molecular weight excluding hydrogens is 194 g/mol. The van der Waals surface area contributed by atoms with Crippen LogP contribution in [0.4, 0.5) is 0 Å². The van der Waals surface area contributed by atoms with Crippen molar-refractivity contribution in [2.45, 2.75) is 6.42 Å². The summed E-state index contributed by atoms with van der Waals surface area (Å²) in [5.41, 5.74) is 1.30. The maximum Gasteiger partial charge on any atom is -0.00172 e. The van der Waals surface area contributed by atoms with Crippen LogP contribution < -0.4 is 5.32 Å². The first-order valence-electron chi connectivity index (χ1n) is 5.71. The molecule has 1 N–H and O–H groups in total. The Morgan fingerprint density at radius 1 is 1.06 bits per heavy atom. The number of hydrogen-bond donors (Lipinski definition) is 1. The highest BCUT2D eigenvalue weighted by Crippen LogP contribution is 2.19. The molecule has 2 aromatic rings. The Morgan fingerprint density at radius 2 is 1.88 bits per heavy atom. The number of fused-ring (bicyclic) bond motifs is 1. The molecule has 0 saturated heterocycles. The van der Waals surface area contributed by atoms with E-state index in [0.29, 0.717) is 0 Å². The van der Waals surface area contributed by atoms with E-state index in [-0.39, 0.29) is 0 Å². The molecule has 0 amide bonds. The molecule has 2 aromatic carbocycles. The quantitative estimate of drug-likeness (QED) is 0.764. The number of hydrogen-bond acceptors (Lipinski definition) is 1. The van der Waals surface area contributed by atoms with Gasteiger partial charge in [0.05, 0.1) is 0 Å². The molecule has 82 valence electrons. The summed E-state index contributed by atoms with van der Waals surface area (Å²) in [6.45, 7) is 1.03. The molecule has 0 unspecified atom stereocenters. The van der Waals surface area contributed by atoms with E-state index in [0.717, 1.165) is 13.0 Å². The maximum absolute atomic E-state index is 3.14. The molecule has 0 fully saturated rings. The first-order valence-corrected chi connectivity index (χ1v) is 5.71. The molecule has 0 aliphatic heterocycles. The molecule has 0 aromatic heterocycles. The summed E-state index contributed by atoms with van der Waals surface area (Å²) in [4.78, 5) is 0. The second-order valence-electron chi connectivity index (χ2n) is 3.86. The van der Waals surface area contributed by atoms with Crippen LogP contribution >= 0.6 is 0 Å². The average Bonchev–Trinajstić information content (AvgIpc) is 2.35. The van der Waals surface area contributed by atoms with Gasteiger partial charge in [-0.2, -0.15) is 0 Å². The zero-order chi connectivity index (χ0) is 11.2. The molecule has 0 radical (unpaired) electrons. The SMILES string of the molecule is CNCCC=Cc1cccc2ccccc12. The lowest BCUT2D eigenvalue weighted by atomic mass is 10.0. The van der Waals surface area contributed by atoms with Gasteiger partial charge < -0.3 is 5.32 Å². The van der Waals surface area contributed by atoms with E-state index in [9.17, 15) is 0 Å². The van der Waals surface area contributed by atoms with E-state index in [2.05, 4.69) is 59.9 Å². The highest BCUT2D eigenvalue weighted by molar-refractivity contribution is 5.90. The van der Waals surface area contributed by atoms with E-state index < -0.39 is 0 Å². The zero-order valence-electron chi connectivity index (χ0n) is 9.61. The van der Waals surface area contributed by atoms with Crippen molar-refractivity contribution in [1.82, 2.24) is 5.32 Å².